The summed E-state index contributed by atoms with van der Waals surface area (Å²) in [5, 5.41) is 3.16. The Labute approximate surface area is 144 Å². The monoisotopic (exact) mass is 345 g/mol. The zero-order valence-corrected chi connectivity index (χ0v) is 14.0. The van der Waals surface area contributed by atoms with Gasteiger partial charge in [-0.2, -0.15) is 0 Å². The summed E-state index contributed by atoms with van der Waals surface area (Å²) in [6, 6.07) is 11.1. The fourth-order valence-electron chi connectivity index (χ4n) is 2.01. The highest BCUT2D eigenvalue weighted by molar-refractivity contribution is 6.30. The smallest absolute Gasteiger partial charge is 0.338 e. The largest absolute Gasteiger partial charge is 0.454 e. The molecule has 0 aliphatic carbocycles. The highest BCUT2D eigenvalue weighted by atomic mass is 35.5. The molecule has 6 heteroatoms. The van der Waals surface area contributed by atoms with Gasteiger partial charge in [0.2, 0.25) is 5.91 Å². The average molecular weight is 346 g/mol. The van der Waals surface area contributed by atoms with Crippen molar-refractivity contribution in [2.75, 3.05) is 11.9 Å². The molecule has 5 nitrogen and oxygen atoms in total. The van der Waals surface area contributed by atoms with Crippen LogP contribution in [0.4, 0.5) is 5.69 Å². The summed E-state index contributed by atoms with van der Waals surface area (Å²) >= 11 is 5.76. The number of nitrogens with one attached hydrogen (secondary N) is 1. The Morgan fingerprint density at radius 3 is 2.29 bits per heavy atom. The van der Waals surface area contributed by atoms with E-state index in [1.165, 1.54) is 13.0 Å². The van der Waals surface area contributed by atoms with Gasteiger partial charge in [0, 0.05) is 23.2 Å². The first-order chi connectivity index (χ1) is 11.4. The van der Waals surface area contributed by atoms with E-state index in [1.807, 2.05) is 6.92 Å². The van der Waals surface area contributed by atoms with E-state index >= 15 is 0 Å². The molecule has 1 amide bonds. The number of anilines is 1. The Hall–Kier alpha value is -2.66. The molecule has 0 bridgehead atoms. The number of hydrogen-bond donors (Lipinski definition) is 1. The number of ketones is 1. The Bertz CT molecular complexity index is 784. The molecule has 0 saturated heterocycles. The van der Waals surface area contributed by atoms with Gasteiger partial charge in [0.05, 0.1) is 5.56 Å². The highest BCUT2D eigenvalue weighted by Crippen LogP contribution is 2.18. The zero-order valence-electron chi connectivity index (χ0n) is 13.3. The van der Waals surface area contributed by atoms with Crippen molar-refractivity contribution in [2.24, 2.45) is 0 Å². The Morgan fingerprint density at radius 2 is 1.67 bits per heavy atom. The summed E-state index contributed by atoms with van der Waals surface area (Å²) in [7, 11) is 0. The van der Waals surface area contributed by atoms with Crippen LogP contribution in [-0.4, -0.2) is 24.3 Å². The maximum absolute atomic E-state index is 12.1. The number of hydrogen-bond acceptors (Lipinski definition) is 4. The summed E-state index contributed by atoms with van der Waals surface area (Å²) in [6.45, 7) is 2.82. The van der Waals surface area contributed by atoms with Gasteiger partial charge in [0.25, 0.3) is 0 Å². The van der Waals surface area contributed by atoms with Crippen molar-refractivity contribution in [3.63, 3.8) is 0 Å². The molecular weight excluding hydrogens is 330 g/mol. The first-order valence-corrected chi connectivity index (χ1v) is 7.59. The van der Waals surface area contributed by atoms with Gasteiger partial charge in [-0.25, -0.2) is 4.79 Å². The zero-order chi connectivity index (χ0) is 17.7. The minimum Gasteiger partial charge on any atom is -0.454 e. The molecule has 0 saturated carbocycles. The van der Waals surface area contributed by atoms with E-state index in [0.29, 0.717) is 16.3 Å². The van der Waals surface area contributed by atoms with Crippen molar-refractivity contribution in [1.82, 2.24) is 0 Å². The van der Waals surface area contributed by atoms with Crippen LogP contribution in [0.3, 0.4) is 0 Å². The van der Waals surface area contributed by atoms with Crippen molar-refractivity contribution in [3.8, 4) is 0 Å². The molecule has 2 rings (SSSR count). The van der Waals surface area contributed by atoms with Crippen LogP contribution < -0.4 is 5.32 Å². The van der Waals surface area contributed by atoms with E-state index in [2.05, 4.69) is 5.32 Å². The fraction of sp³-hybridized carbons (Fsp3) is 0.167. The molecule has 0 aliphatic heterocycles. The summed E-state index contributed by atoms with van der Waals surface area (Å²) < 4.78 is 5.04. The SMILES string of the molecule is CC(=O)Nc1cc(C(=O)OCC(=O)c2ccc(Cl)cc2)ccc1C. The summed E-state index contributed by atoms with van der Waals surface area (Å²) in [6.07, 6.45) is 0. The normalized spacial score (nSPS) is 10.1. The third-order valence-electron chi connectivity index (χ3n) is 3.28. The van der Waals surface area contributed by atoms with Crippen molar-refractivity contribution < 1.29 is 19.1 Å². The van der Waals surface area contributed by atoms with Crippen LogP contribution in [0, 0.1) is 6.92 Å². The minimum atomic E-state index is -0.635. The summed E-state index contributed by atoms with van der Waals surface area (Å²) in [5.41, 5.74) is 2.02. The predicted molar refractivity (Wildman–Crippen MR) is 91.5 cm³/mol. The molecular formula is C18H16ClNO4. The molecule has 1 N–H and O–H groups in total. The topological polar surface area (TPSA) is 72.5 Å². The molecule has 2 aromatic carbocycles. The predicted octanol–water partition coefficient (Wildman–Crippen LogP) is 3.65. The van der Waals surface area contributed by atoms with Crippen molar-refractivity contribution >= 4 is 34.9 Å². The lowest BCUT2D eigenvalue weighted by Crippen LogP contribution is -2.15. The molecule has 0 radical (unpaired) electrons. The number of halogens is 1. The molecule has 0 unspecified atom stereocenters. The molecule has 2 aromatic rings. The van der Waals surface area contributed by atoms with Crippen LogP contribution >= 0.6 is 11.6 Å². The Morgan fingerprint density at radius 1 is 1.04 bits per heavy atom. The lowest BCUT2D eigenvalue weighted by molar-refractivity contribution is -0.114. The molecule has 24 heavy (non-hydrogen) atoms. The summed E-state index contributed by atoms with van der Waals surface area (Å²) in [5.74, 6) is -1.19. The maximum Gasteiger partial charge on any atom is 0.338 e. The van der Waals surface area contributed by atoms with E-state index in [9.17, 15) is 14.4 Å². The van der Waals surface area contributed by atoms with Gasteiger partial charge in [-0.1, -0.05) is 17.7 Å². The third-order valence-corrected chi connectivity index (χ3v) is 3.54. The molecule has 0 fully saturated rings. The van der Waals surface area contributed by atoms with Crippen LogP contribution in [-0.2, 0) is 9.53 Å². The van der Waals surface area contributed by atoms with Crippen molar-refractivity contribution in [3.05, 3.63) is 64.2 Å². The molecule has 0 aliphatic rings. The number of amides is 1. The number of esters is 1. The lowest BCUT2D eigenvalue weighted by Gasteiger charge is -2.09. The van der Waals surface area contributed by atoms with Gasteiger partial charge in [0.15, 0.2) is 12.4 Å². The van der Waals surface area contributed by atoms with E-state index in [1.54, 1.807) is 36.4 Å². The van der Waals surface area contributed by atoms with Crippen LogP contribution in [0.2, 0.25) is 5.02 Å². The first kappa shape index (κ1) is 17.7. The second-order valence-electron chi connectivity index (χ2n) is 5.22. The number of benzene rings is 2. The van der Waals surface area contributed by atoms with Crippen LogP contribution in [0.1, 0.15) is 33.2 Å². The van der Waals surface area contributed by atoms with Crippen LogP contribution in [0.5, 0.6) is 0 Å². The van der Waals surface area contributed by atoms with Gasteiger partial charge < -0.3 is 10.1 Å². The Balaban J connectivity index is 2.03. The highest BCUT2D eigenvalue weighted by Gasteiger charge is 2.13. The van der Waals surface area contributed by atoms with E-state index in [4.69, 9.17) is 16.3 Å². The molecule has 0 heterocycles. The Kier molecular flexibility index (Phi) is 5.71. The number of aryl methyl sites for hydroxylation is 1. The lowest BCUT2D eigenvalue weighted by atomic mass is 10.1. The van der Waals surface area contributed by atoms with Gasteiger partial charge in [-0.3, -0.25) is 9.59 Å². The van der Waals surface area contributed by atoms with Crippen LogP contribution in [0.25, 0.3) is 0 Å². The quantitative estimate of drug-likeness (QED) is 0.663. The van der Waals surface area contributed by atoms with Crippen LogP contribution in [0.15, 0.2) is 42.5 Å². The molecule has 0 aromatic heterocycles. The first-order valence-electron chi connectivity index (χ1n) is 7.21. The van der Waals surface area contributed by atoms with Gasteiger partial charge in [-0.05, 0) is 48.9 Å². The second kappa shape index (κ2) is 7.75. The average Bonchev–Trinajstić information content (AvgIpc) is 2.54. The number of rotatable bonds is 5. The van der Waals surface area contributed by atoms with Crippen molar-refractivity contribution in [2.45, 2.75) is 13.8 Å². The van der Waals surface area contributed by atoms with E-state index in [0.717, 1.165) is 5.56 Å². The molecule has 0 spiro atoms. The molecule has 0 atom stereocenters. The van der Waals surface area contributed by atoms with E-state index < -0.39 is 5.97 Å². The number of Topliss-reactive ketones (excluding diaryl/α,β-unsaturated/α-hetero) is 1. The third kappa shape index (κ3) is 4.67. The second-order valence-corrected chi connectivity index (χ2v) is 5.65. The van der Waals surface area contributed by atoms with Gasteiger partial charge in [0.1, 0.15) is 0 Å². The fourth-order valence-corrected chi connectivity index (χ4v) is 2.13. The number of carbonyl (C=O) groups is 3. The molecule has 124 valence electrons. The van der Waals surface area contributed by atoms with Crippen molar-refractivity contribution in [1.29, 1.82) is 0 Å². The minimum absolute atomic E-state index is 0.235. The number of ether oxygens (including phenoxy) is 1. The maximum atomic E-state index is 12.1. The summed E-state index contributed by atoms with van der Waals surface area (Å²) in [4.78, 5) is 35.2. The standard InChI is InChI=1S/C18H16ClNO4/c1-11-3-4-14(9-16(11)20-12(2)21)18(23)24-10-17(22)13-5-7-15(19)8-6-13/h3-9H,10H2,1-2H3,(H,20,21). The van der Waals surface area contributed by atoms with Gasteiger partial charge in [-0.15, -0.1) is 0 Å². The van der Waals surface area contributed by atoms with Gasteiger partial charge >= 0.3 is 5.97 Å². The number of carbonyl (C=O) groups excluding carboxylic acids is 3. The van der Waals surface area contributed by atoms with E-state index in [-0.39, 0.29) is 23.9 Å².